The molecule has 0 aliphatic carbocycles. The van der Waals surface area contributed by atoms with Crippen molar-refractivity contribution in [2.24, 2.45) is 0 Å². The van der Waals surface area contributed by atoms with Gasteiger partial charge in [0.25, 0.3) is 0 Å². The third-order valence-corrected chi connectivity index (χ3v) is 3.25. The molecule has 4 nitrogen and oxygen atoms in total. The molecule has 0 radical (unpaired) electrons. The lowest BCUT2D eigenvalue weighted by Gasteiger charge is -2.24. The van der Waals surface area contributed by atoms with Crippen molar-refractivity contribution in [3.05, 3.63) is 53.5 Å². The molecule has 0 bridgehead atoms. The highest BCUT2D eigenvalue weighted by molar-refractivity contribution is 5.78. The number of fused-ring (bicyclic) bond motifs is 1. The fraction of sp³-hybridized carbons (Fsp3) is 0.200. The zero-order chi connectivity index (χ0) is 13.2. The van der Waals surface area contributed by atoms with E-state index in [0.717, 1.165) is 16.9 Å². The van der Waals surface area contributed by atoms with E-state index >= 15 is 0 Å². The number of carbonyl (C=O) groups excluding carboxylic acids is 1. The smallest absolute Gasteiger partial charge is 0.312 e. The van der Waals surface area contributed by atoms with Crippen LogP contribution in [0, 0.1) is 11.3 Å². The van der Waals surface area contributed by atoms with Gasteiger partial charge in [-0.25, -0.2) is 0 Å². The molecule has 1 atom stereocenters. The van der Waals surface area contributed by atoms with Crippen LogP contribution >= 0.6 is 0 Å². The van der Waals surface area contributed by atoms with Crippen molar-refractivity contribution >= 4 is 5.97 Å². The fourth-order valence-electron chi connectivity index (χ4n) is 2.40. The topological polar surface area (TPSA) is 63.2 Å². The third-order valence-electron chi connectivity index (χ3n) is 3.25. The summed E-state index contributed by atoms with van der Waals surface area (Å²) in [5.74, 6) is 0.831. The summed E-state index contributed by atoms with van der Waals surface area (Å²) in [6, 6.07) is 11.3. The molecule has 2 heterocycles. The molecule has 94 valence electrons. The number of nitrogens with zero attached hydrogens (tertiary/aromatic N) is 1. The molecular formula is C15H11NO3. The van der Waals surface area contributed by atoms with Gasteiger partial charge in [-0.1, -0.05) is 18.2 Å². The van der Waals surface area contributed by atoms with Gasteiger partial charge in [0.1, 0.15) is 11.5 Å². The Hall–Kier alpha value is -2.54. The number of hydrogen-bond donors (Lipinski definition) is 0. The van der Waals surface area contributed by atoms with Crippen LogP contribution in [0.4, 0.5) is 0 Å². The van der Waals surface area contributed by atoms with Crippen LogP contribution in [0.3, 0.4) is 0 Å². The summed E-state index contributed by atoms with van der Waals surface area (Å²) in [5, 5.41) is 8.83. The number of carbonyl (C=O) groups is 1. The molecule has 0 saturated heterocycles. The van der Waals surface area contributed by atoms with Crippen LogP contribution < -0.4 is 4.74 Å². The summed E-state index contributed by atoms with van der Waals surface area (Å²) in [7, 11) is 0. The van der Waals surface area contributed by atoms with Gasteiger partial charge in [-0.15, -0.1) is 0 Å². The first-order valence-electron chi connectivity index (χ1n) is 6.02. The number of ether oxygens (including phenoxy) is 1. The second kappa shape index (κ2) is 4.62. The van der Waals surface area contributed by atoms with Crippen LogP contribution in [0.15, 0.2) is 41.0 Å². The van der Waals surface area contributed by atoms with E-state index < -0.39 is 0 Å². The Morgan fingerprint density at radius 2 is 2.21 bits per heavy atom. The first-order valence-corrected chi connectivity index (χ1v) is 6.02. The van der Waals surface area contributed by atoms with Crippen molar-refractivity contribution in [1.82, 2.24) is 0 Å². The lowest BCUT2D eigenvalue weighted by Crippen LogP contribution is -2.21. The van der Waals surface area contributed by atoms with Crippen LogP contribution in [0.25, 0.3) is 0 Å². The number of para-hydroxylation sites is 1. The average Bonchev–Trinajstić information content (AvgIpc) is 2.93. The van der Waals surface area contributed by atoms with Gasteiger partial charge in [0.15, 0.2) is 0 Å². The molecule has 0 spiro atoms. The van der Waals surface area contributed by atoms with Crippen molar-refractivity contribution in [1.29, 1.82) is 5.26 Å². The van der Waals surface area contributed by atoms with Crippen LogP contribution in [0.5, 0.6) is 5.75 Å². The van der Waals surface area contributed by atoms with E-state index in [9.17, 15) is 4.79 Å². The Bertz CT molecular complexity index is 653. The van der Waals surface area contributed by atoms with Gasteiger partial charge in [0.05, 0.1) is 31.1 Å². The van der Waals surface area contributed by atoms with E-state index in [1.54, 1.807) is 18.4 Å². The number of rotatable bonds is 2. The molecule has 1 aromatic carbocycles. The fourth-order valence-corrected chi connectivity index (χ4v) is 2.40. The van der Waals surface area contributed by atoms with E-state index in [-0.39, 0.29) is 24.7 Å². The highest BCUT2D eigenvalue weighted by Gasteiger charge is 2.31. The molecule has 0 saturated carbocycles. The average molecular weight is 253 g/mol. The minimum Gasteiger partial charge on any atom is -0.469 e. The molecule has 0 fully saturated rings. The monoisotopic (exact) mass is 253 g/mol. The lowest BCUT2D eigenvalue weighted by atomic mass is 9.88. The van der Waals surface area contributed by atoms with Gasteiger partial charge in [-0.2, -0.15) is 5.26 Å². The maximum absolute atomic E-state index is 11.7. The first-order chi connectivity index (χ1) is 9.29. The molecular weight excluding hydrogens is 242 g/mol. The normalized spacial score (nSPS) is 17.4. The Morgan fingerprint density at radius 3 is 2.95 bits per heavy atom. The molecule has 1 aliphatic heterocycles. The van der Waals surface area contributed by atoms with Gasteiger partial charge >= 0.3 is 5.97 Å². The van der Waals surface area contributed by atoms with E-state index in [0.29, 0.717) is 5.75 Å². The molecule has 4 heteroatoms. The Labute approximate surface area is 110 Å². The highest BCUT2D eigenvalue weighted by Crippen LogP contribution is 2.40. The summed E-state index contributed by atoms with van der Waals surface area (Å²) in [5.41, 5.74) is 1.65. The van der Waals surface area contributed by atoms with Crippen molar-refractivity contribution in [2.45, 2.75) is 18.8 Å². The van der Waals surface area contributed by atoms with Crippen LogP contribution in [0.1, 0.15) is 29.2 Å². The number of nitriles is 1. The zero-order valence-electron chi connectivity index (χ0n) is 10.1. The molecule has 19 heavy (non-hydrogen) atoms. The van der Waals surface area contributed by atoms with E-state index in [2.05, 4.69) is 6.07 Å². The molecule has 1 aliphatic rings. The second-order valence-electron chi connectivity index (χ2n) is 4.42. The Morgan fingerprint density at radius 1 is 1.32 bits per heavy atom. The number of hydrogen-bond acceptors (Lipinski definition) is 4. The van der Waals surface area contributed by atoms with Crippen molar-refractivity contribution < 1.29 is 13.9 Å². The minimum atomic E-state index is -0.292. The van der Waals surface area contributed by atoms with Gasteiger partial charge in [-0.05, 0) is 12.1 Å². The Balaban J connectivity index is 2.12. The van der Waals surface area contributed by atoms with Gasteiger partial charge in [0, 0.05) is 11.1 Å². The molecule has 1 unspecified atom stereocenters. The maximum atomic E-state index is 11.7. The Kier molecular flexibility index (Phi) is 2.81. The number of benzene rings is 1. The van der Waals surface area contributed by atoms with Crippen molar-refractivity contribution in [2.75, 3.05) is 0 Å². The molecule has 0 N–H and O–H groups in total. The van der Waals surface area contributed by atoms with E-state index in [4.69, 9.17) is 14.4 Å². The van der Waals surface area contributed by atoms with Gasteiger partial charge < -0.3 is 9.15 Å². The summed E-state index contributed by atoms with van der Waals surface area (Å²) in [6.45, 7) is 0. The third kappa shape index (κ3) is 2.00. The predicted octanol–water partition coefficient (Wildman–Crippen LogP) is 2.79. The quantitative estimate of drug-likeness (QED) is 0.609. The standard InChI is InChI=1S/C15H11NO3/c16-7-6-10-3-1-4-11-12(13-5-2-8-18-13)9-14(17)19-15(10)11/h1-5,8,12H,6,9H2. The number of furan rings is 1. The lowest BCUT2D eigenvalue weighted by molar-refractivity contribution is -0.135. The molecule has 1 aromatic heterocycles. The summed E-state index contributed by atoms with van der Waals surface area (Å²) >= 11 is 0. The predicted molar refractivity (Wildman–Crippen MR) is 66.6 cm³/mol. The van der Waals surface area contributed by atoms with Gasteiger partial charge in [-0.3, -0.25) is 4.79 Å². The highest BCUT2D eigenvalue weighted by atomic mass is 16.5. The van der Waals surface area contributed by atoms with Crippen LogP contribution in [-0.2, 0) is 11.2 Å². The molecule has 3 rings (SSSR count). The van der Waals surface area contributed by atoms with Crippen molar-refractivity contribution in [3.8, 4) is 11.8 Å². The summed E-state index contributed by atoms with van der Waals surface area (Å²) in [4.78, 5) is 11.7. The van der Waals surface area contributed by atoms with E-state index in [1.165, 1.54) is 0 Å². The maximum Gasteiger partial charge on any atom is 0.312 e. The van der Waals surface area contributed by atoms with E-state index in [1.807, 2.05) is 18.2 Å². The van der Waals surface area contributed by atoms with Gasteiger partial charge in [0.2, 0.25) is 0 Å². The largest absolute Gasteiger partial charge is 0.469 e. The number of esters is 1. The summed E-state index contributed by atoms with van der Waals surface area (Å²) in [6.07, 6.45) is 2.08. The zero-order valence-corrected chi connectivity index (χ0v) is 10.1. The van der Waals surface area contributed by atoms with Crippen LogP contribution in [0.2, 0.25) is 0 Å². The SMILES string of the molecule is N#CCc1cccc2c1OC(=O)CC2c1ccco1. The van der Waals surface area contributed by atoms with Crippen LogP contribution in [-0.4, -0.2) is 5.97 Å². The van der Waals surface area contributed by atoms with Crippen molar-refractivity contribution in [3.63, 3.8) is 0 Å². The molecule has 0 amide bonds. The first kappa shape index (κ1) is 11.5. The summed E-state index contributed by atoms with van der Waals surface area (Å²) < 4.78 is 10.7. The minimum absolute atomic E-state index is 0.134. The second-order valence-corrected chi connectivity index (χ2v) is 4.42. The molecule has 2 aromatic rings.